The lowest BCUT2D eigenvalue weighted by atomic mass is 10.3. The second-order valence-corrected chi connectivity index (χ2v) is 6.76. The molecule has 0 spiro atoms. The Morgan fingerprint density at radius 1 is 1.43 bits per heavy atom. The first kappa shape index (κ1) is 17.7. The summed E-state index contributed by atoms with van der Waals surface area (Å²) in [7, 11) is -1.98. The van der Waals surface area contributed by atoms with Crippen LogP contribution < -0.4 is 5.32 Å². The van der Waals surface area contributed by atoms with Crippen LogP contribution in [0.1, 0.15) is 31.3 Å². The van der Waals surface area contributed by atoms with Crippen molar-refractivity contribution in [1.82, 2.24) is 14.2 Å². The summed E-state index contributed by atoms with van der Waals surface area (Å²) in [5.41, 5.74) is 0.237. The van der Waals surface area contributed by atoms with Gasteiger partial charge in [0, 0.05) is 32.4 Å². The fraction of sp³-hybridized carbons (Fsp3) is 0.615. The minimum absolute atomic E-state index is 0.0931. The first-order valence-corrected chi connectivity index (χ1v) is 8.30. The number of sulfonamides is 1. The van der Waals surface area contributed by atoms with Crippen molar-refractivity contribution in [2.45, 2.75) is 31.7 Å². The number of carbonyl (C=O) groups is 1. The molecular formula is C13H23N3O4S. The molecule has 1 rings (SSSR count). The number of nitrogens with one attached hydrogen (secondary N) is 1. The first-order valence-electron chi connectivity index (χ1n) is 6.86. The molecule has 0 saturated carbocycles. The zero-order valence-electron chi connectivity index (χ0n) is 12.8. The highest BCUT2D eigenvalue weighted by atomic mass is 32.2. The largest absolute Gasteiger partial charge is 0.394 e. The molecule has 1 aromatic heterocycles. The predicted octanol–water partition coefficient (Wildman–Crippen LogP) is 0.166. The fourth-order valence-electron chi connectivity index (χ4n) is 1.96. The summed E-state index contributed by atoms with van der Waals surface area (Å²) in [4.78, 5) is 12.1. The molecule has 0 bridgehead atoms. The van der Waals surface area contributed by atoms with E-state index in [0.29, 0.717) is 13.1 Å². The molecule has 0 radical (unpaired) electrons. The fourth-order valence-corrected chi connectivity index (χ4v) is 3.49. The van der Waals surface area contributed by atoms with Gasteiger partial charge in [-0.3, -0.25) is 4.79 Å². The van der Waals surface area contributed by atoms with Gasteiger partial charge < -0.3 is 15.0 Å². The van der Waals surface area contributed by atoms with Crippen molar-refractivity contribution in [2.75, 3.05) is 19.7 Å². The molecule has 0 aliphatic heterocycles. The van der Waals surface area contributed by atoms with Crippen LogP contribution in [-0.4, -0.2) is 54.0 Å². The molecule has 0 aromatic carbocycles. The Kier molecular flexibility index (Phi) is 5.94. The second kappa shape index (κ2) is 7.06. The van der Waals surface area contributed by atoms with Crippen LogP contribution in [0.2, 0.25) is 0 Å². The van der Waals surface area contributed by atoms with Crippen LogP contribution in [0.4, 0.5) is 0 Å². The summed E-state index contributed by atoms with van der Waals surface area (Å²) in [6, 6.07) is 0.961. The summed E-state index contributed by atoms with van der Waals surface area (Å²) in [6.07, 6.45) is 1.42. The van der Waals surface area contributed by atoms with Crippen LogP contribution in [0.25, 0.3) is 0 Å². The Morgan fingerprint density at radius 3 is 2.48 bits per heavy atom. The van der Waals surface area contributed by atoms with Crippen LogP contribution in [0.5, 0.6) is 0 Å². The summed E-state index contributed by atoms with van der Waals surface area (Å²) in [6.45, 7) is 5.75. The topological polar surface area (TPSA) is 91.6 Å². The summed E-state index contributed by atoms with van der Waals surface area (Å²) < 4.78 is 27.6. The van der Waals surface area contributed by atoms with E-state index in [2.05, 4.69) is 5.32 Å². The third kappa shape index (κ3) is 3.84. The van der Waals surface area contributed by atoms with Crippen molar-refractivity contribution in [3.05, 3.63) is 18.0 Å². The SMILES string of the molecule is CCN(CC)S(=O)(=O)c1cc(C(=O)NC(C)CO)n(C)c1. The molecule has 1 heterocycles. The maximum Gasteiger partial charge on any atom is 0.268 e. The van der Waals surface area contributed by atoms with E-state index in [4.69, 9.17) is 5.11 Å². The van der Waals surface area contributed by atoms with Crippen LogP contribution in [0.15, 0.2) is 17.2 Å². The van der Waals surface area contributed by atoms with E-state index in [0.717, 1.165) is 0 Å². The Balaban J connectivity index is 3.10. The minimum Gasteiger partial charge on any atom is -0.394 e. The van der Waals surface area contributed by atoms with Crippen molar-refractivity contribution in [2.24, 2.45) is 7.05 Å². The normalized spacial score (nSPS) is 13.4. The molecule has 1 aromatic rings. The molecule has 21 heavy (non-hydrogen) atoms. The molecule has 120 valence electrons. The number of aryl methyl sites for hydroxylation is 1. The highest BCUT2D eigenvalue weighted by Gasteiger charge is 2.25. The number of aromatic nitrogens is 1. The Hall–Kier alpha value is -1.38. The van der Waals surface area contributed by atoms with Crippen LogP contribution >= 0.6 is 0 Å². The number of hydrogen-bond donors (Lipinski definition) is 2. The number of aliphatic hydroxyl groups is 1. The molecule has 0 aliphatic carbocycles. The van der Waals surface area contributed by atoms with Crippen molar-refractivity contribution in [3.63, 3.8) is 0 Å². The molecule has 1 atom stereocenters. The van der Waals surface area contributed by atoms with Gasteiger partial charge in [0.15, 0.2) is 0 Å². The van der Waals surface area contributed by atoms with Gasteiger partial charge in [-0.25, -0.2) is 8.42 Å². The zero-order valence-corrected chi connectivity index (χ0v) is 13.6. The third-order valence-electron chi connectivity index (χ3n) is 3.21. The minimum atomic E-state index is -3.59. The third-order valence-corrected chi connectivity index (χ3v) is 5.22. The summed E-state index contributed by atoms with van der Waals surface area (Å²) in [5, 5.41) is 11.5. The second-order valence-electron chi connectivity index (χ2n) is 4.82. The lowest BCUT2D eigenvalue weighted by molar-refractivity contribution is 0.0914. The van der Waals surface area contributed by atoms with Crippen LogP contribution in [0.3, 0.4) is 0 Å². The standard InChI is InChI=1S/C13H23N3O4S/c1-5-16(6-2)21(19,20)11-7-12(15(4)8-11)13(18)14-10(3)9-17/h7-8,10,17H,5-6,9H2,1-4H3,(H,14,18). The zero-order chi connectivity index (χ0) is 16.2. The van der Waals surface area contributed by atoms with Gasteiger partial charge in [-0.05, 0) is 13.0 Å². The van der Waals surface area contributed by atoms with Crippen molar-refractivity contribution in [3.8, 4) is 0 Å². The van der Waals surface area contributed by atoms with Gasteiger partial charge >= 0.3 is 0 Å². The average molecular weight is 317 g/mol. The van der Waals surface area contributed by atoms with Gasteiger partial charge in [0.1, 0.15) is 10.6 Å². The number of nitrogens with zero attached hydrogens (tertiary/aromatic N) is 2. The molecule has 1 unspecified atom stereocenters. The number of rotatable bonds is 7. The number of aliphatic hydroxyl groups excluding tert-OH is 1. The molecule has 2 N–H and O–H groups in total. The Labute approximate surface area is 125 Å². The summed E-state index contributed by atoms with van der Waals surface area (Å²) in [5.74, 6) is -0.417. The first-order chi connectivity index (χ1) is 9.77. The van der Waals surface area contributed by atoms with E-state index < -0.39 is 22.0 Å². The highest BCUT2D eigenvalue weighted by molar-refractivity contribution is 7.89. The maximum absolute atomic E-state index is 12.4. The van der Waals surface area contributed by atoms with Gasteiger partial charge in [-0.15, -0.1) is 0 Å². The Bertz CT molecular complexity index is 591. The Morgan fingerprint density at radius 2 is 2.00 bits per heavy atom. The maximum atomic E-state index is 12.4. The molecule has 8 heteroatoms. The van der Waals surface area contributed by atoms with E-state index in [-0.39, 0.29) is 17.2 Å². The molecular weight excluding hydrogens is 294 g/mol. The van der Waals surface area contributed by atoms with Gasteiger partial charge in [0.05, 0.1) is 6.61 Å². The van der Waals surface area contributed by atoms with Crippen molar-refractivity contribution < 1.29 is 18.3 Å². The van der Waals surface area contributed by atoms with E-state index >= 15 is 0 Å². The molecule has 0 saturated heterocycles. The lowest BCUT2D eigenvalue weighted by Gasteiger charge is -2.17. The molecule has 0 fully saturated rings. The van der Waals surface area contributed by atoms with E-state index in [1.54, 1.807) is 27.8 Å². The molecule has 7 nitrogen and oxygen atoms in total. The van der Waals surface area contributed by atoms with E-state index in [1.807, 2.05) is 0 Å². The van der Waals surface area contributed by atoms with E-state index in [1.165, 1.54) is 21.1 Å². The smallest absolute Gasteiger partial charge is 0.268 e. The van der Waals surface area contributed by atoms with Gasteiger partial charge in [-0.1, -0.05) is 13.8 Å². The number of hydrogen-bond acceptors (Lipinski definition) is 4. The molecule has 1 amide bonds. The monoisotopic (exact) mass is 317 g/mol. The lowest BCUT2D eigenvalue weighted by Crippen LogP contribution is -2.35. The van der Waals surface area contributed by atoms with Crippen molar-refractivity contribution in [1.29, 1.82) is 0 Å². The van der Waals surface area contributed by atoms with Gasteiger partial charge in [0.2, 0.25) is 10.0 Å². The summed E-state index contributed by atoms with van der Waals surface area (Å²) >= 11 is 0. The number of carbonyl (C=O) groups excluding carboxylic acids is 1. The van der Waals surface area contributed by atoms with Crippen LogP contribution in [-0.2, 0) is 17.1 Å². The van der Waals surface area contributed by atoms with Crippen LogP contribution in [0, 0.1) is 0 Å². The molecule has 0 aliphatic rings. The average Bonchev–Trinajstić information content (AvgIpc) is 2.82. The predicted molar refractivity (Wildman–Crippen MR) is 79.5 cm³/mol. The highest BCUT2D eigenvalue weighted by Crippen LogP contribution is 2.18. The quantitative estimate of drug-likeness (QED) is 0.750. The van der Waals surface area contributed by atoms with Gasteiger partial charge in [-0.2, -0.15) is 4.31 Å². The van der Waals surface area contributed by atoms with Crippen molar-refractivity contribution >= 4 is 15.9 Å². The van der Waals surface area contributed by atoms with E-state index in [9.17, 15) is 13.2 Å². The van der Waals surface area contributed by atoms with Gasteiger partial charge in [0.25, 0.3) is 5.91 Å². The number of amides is 1.